The van der Waals surface area contributed by atoms with Gasteiger partial charge in [-0.3, -0.25) is 0 Å². The third-order valence-corrected chi connectivity index (χ3v) is 2.53. The molecular formula is C12H23N3. The van der Waals surface area contributed by atoms with E-state index in [0.717, 1.165) is 25.1 Å². The summed E-state index contributed by atoms with van der Waals surface area (Å²) in [5, 5.41) is 0. The third kappa shape index (κ3) is 4.47. The van der Waals surface area contributed by atoms with E-state index in [1.807, 2.05) is 19.4 Å². The lowest BCUT2D eigenvalue weighted by Crippen LogP contribution is -2.27. The van der Waals surface area contributed by atoms with Crippen LogP contribution in [-0.4, -0.2) is 15.6 Å². The Bertz CT molecular complexity index is 296. The zero-order valence-electron chi connectivity index (χ0n) is 10.3. The van der Waals surface area contributed by atoms with Crippen LogP contribution in [0.4, 0.5) is 0 Å². The van der Waals surface area contributed by atoms with Gasteiger partial charge in [0.1, 0.15) is 5.82 Å². The second-order valence-corrected chi connectivity index (χ2v) is 5.52. The van der Waals surface area contributed by atoms with Crippen LogP contribution in [0.3, 0.4) is 0 Å². The third-order valence-electron chi connectivity index (χ3n) is 2.53. The van der Waals surface area contributed by atoms with Gasteiger partial charge in [0, 0.05) is 31.9 Å². The number of rotatable bonds is 4. The lowest BCUT2D eigenvalue weighted by molar-refractivity contribution is 0.330. The number of nitrogens with two attached hydrogens (primary N) is 1. The first-order valence-corrected chi connectivity index (χ1v) is 5.60. The van der Waals surface area contributed by atoms with E-state index in [4.69, 9.17) is 5.73 Å². The van der Waals surface area contributed by atoms with E-state index in [9.17, 15) is 0 Å². The van der Waals surface area contributed by atoms with Crippen LogP contribution in [0, 0.1) is 5.41 Å². The Morgan fingerprint density at radius 3 is 2.60 bits per heavy atom. The summed E-state index contributed by atoms with van der Waals surface area (Å²) in [6.45, 7) is 6.69. The Kier molecular flexibility index (Phi) is 3.91. The highest BCUT2D eigenvalue weighted by Crippen LogP contribution is 2.21. The lowest BCUT2D eigenvalue weighted by Gasteiger charge is -2.22. The van der Waals surface area contributed by atoms with Crippen molar-refractivity contribution >= 4 is 0 Å². The average Bonchev–Trinajstić information content (AvgIpc) is 2.44. The van der Waals surface area contributed by atoms with Crippen molar-refractivity contribution < 1.29 is 0 Å². The molecule has 15 heavy (non-hydrogen) atoms. The van der Waals surface area contributed by atoms with Gasteiger partial charge in [-0.15, -0.1) is 0 Å². The SMILES string of the molecule is Cn1ccnc1CCC(N)CC(C)(C)C. The first kappa shape index (κ1) is 12.2. The van der Waals surface area contributed by atoms with E-state index in [0.29, 0.717) is 5.41 Å². The molecule has 0 fully saturated rings. The molecule has 3 heteroatoms. The maximum atomic E-state index is 6.09. The summed E-state index contributed by atoms with van der Waals surface area (Å²) in [4.78, 5) is 4.29. The van der Waals surface area contributed by atoms with Crippen LogP contribution in [0.2, 0.25) is 0 Å². The van der Waals surface area contributed by atoms with Crippen LogP contribution in [0.1, 0.15) is 39.4 Å². The topological polar surface area (TPSA) is 43.8 Å². The standard InChI is InChI=1S/C12H23N3/c1-12(2,3)9-10(13)5-6-11-14-7-8-15(11)4/h7-8,10H,5-6,9,13H2,1-4H3. The Balaban J connectivity index is 2.35. The van der Waals surface area contributed by atoms with Gasteiger partial charge in [-0.1, -0.05) is 20.8 Å². The van der Waals surface area contributed by atoms with E-state index < -0.39 is 0 Å². The zero-order chi connectivity index (χ0) is 11.5. The minimum absolute atomic E-state index is 0.279. The minimum Gasteiger partial charge on any atom is -0.338 e. The van der Waals surface area contributed by atoms with E-state index in [1.165, 1.54) is 0 Å². The monoisotopic (exact) mass is 209 g/mol. The molecule has 1 heterocycles. The van der Waals surface area contributed by atoms with Crippen LogP contribution < -0.4 is 5.73 Å². The summed E-state index contributed by atoms with van der Waals surface area (Å²) in [5.74, 6) is 1.12. The van der Waals surface area contributed by atoms with Crippen LogP contribution in [0.5, 0.6) is 0 Å². The van der Waals surface area contributed by atoms with Gasteiger partial charge < -0.3 is 10.3 Å². The number of hydrogen-bond donors (Lipinski definition) is 1. The molecule has 0 aromatic carbocycles. The number of imidazole rings is 1. The fourth-order valence-electron chi connectivity index (χ4n) is 1.84. The fourth-order valence-corrected chi connectivity index (χ4v) is 1.84. The molecule has 1 aromatic rings. The smallest absolute Gasteiger partial charge is 0.108 e. The lowest BCUT2D eigenvalue weighted by atomic mass is 9.87. The predicted octanol–water partition coefficient (Wildman–Crippen LogP) is 2.12. The highest BCUT2D eigenvalue weighted by Gasteiger charge is 2.15. The second-order valence-electron chi connectivity index (χ2n) is 5.52. The first-order valence-electron chi connectivity index (χ1n) is 5.60. The van der Waals surface area contributed by atoms with Gasteiger partial charge in [0.2, 0.25) is 0 Å². The molecular weight excluding hydrogens is 186 g/mol. The van der Waals surface area contributed by atoms with Gasteiger partial charge in [-0.2, -0.15) is 0 Å². The summed E-state index contributed by atoms with van der Waals surface area (Å²) in [5.41, 5.74) is 6.41. The summed E-state index contributed by atoms with van der Waals surface area (Å²) >= 11 is 0. The molecule has 1 rings (SSSR count). The molecule has 0 spiro atoms. The first-order chi connectivity index (χ1) is 6.88. The van der Waals surface area contributed by atoms with Crippen molar-refractivity contribution in [2.75, 3.05) is 0 Å². The molecule has 0 aliphatic carbocycles. The molecule has 2 N–H and O–H groups in total. The number of hydrogen-bond acceptors (Lipinski definition) is 2. The molecule has 3 nitrogen and oxygen atoms in total. The minimum atomic E-state index is 0.279. The maximum absolute atomic E-state index is 6.09. The van der Waals surface area contributed by atoms with Gasteiger partial charge in [0.05, 0.1) is 0 Å². The van der Waals surface area contributed by atoms with Gasteiger partial charge in [-0.05, 0) is 18.3 Å². The van der Waals surface area contributed by atoms with Crippen molar-refractivity contribution in [3.8, 4) is 0 Å². The molecule has 0 saturated carbocycles. The zero-order valence-corrected chi connectivity index (χ0v) is 10.3. The molecule has 86 valence electrons. The number of aryl methyl sites for hydroxylation is 2. The second kappa shape index (κ2) is 4.79. The van der Waals surface area contributed by atoms with Crippen molar-refractivity contribution in [2.45, 2.75) is 46.1 Å². The van der Waals surface area contributed by atoms with Crippen molar-refractivity contribution in [1.29, 1.82) is 0 Å². The van der Waals surface area contributed by atoms with Crippen molar-refractivity contribution in [3.05, 3.63) is 18.2 Å². The van der Waals surface area contributed by atoms with Crippen molar-refractivity contribution in [1.82, 2.24) is 9.55 Å². The Morgan fingerprint density at radius 1 is 1.47 bits per heavy atom. The van der Waals surface area contributed by atoms with E-state index in [-0.39, 0.29) is 6.04 Å². The number of aromatic nitrogens is 2. The summed E-state index contributed by atoms with van der Waals surface area (Å²) in [6, 6.07) is 0.279. The Morgan fingerprint density at radius 2 is 2.13 bits per heavy atom. The van der Waals surface area contributed by atoms with Crippen molar-refractivity contribution in [3.63, 3.8) is 0 Å². The Labute approximate surface area is 92.7 Å². The molecule has 0 aliphatic rings. The fraction of sp³-hybridized carbons (Fsp3) is 0.750. The molecule has 1 unspecified atom stereocenters. The van der Waals surface area contributed by atoms with Crippen LogP contribution in [0.25, 0.3) is 0 Å². The van der Waals surface area contributed by atoms with Crippen LogP contribution in [0.15, 0.2) is 12.4 Å². The van der Waals surface area contributed by atoms with Crippen LogP contribution >= 0.6 is 0 Å². The summed E-state index contributed by atoms with van der Waals surface area (Å²) in [6.07, 6.45) is 6.87. The van der Waals surface area contributed by atoms with Gasteiger partial charge in [0.25, 0.3) is 0 Å². The maximum Gasteiger partial charge on any atom is 0.108 e. The molecule has 0 amide bonds. The van der Waals surface area contributed by atoms with Gasteiger partial charge in [-0.25, -0.2) is 4.98 Å². The molecule has 0 aliphatic heterocycles. The predicted molar refractivity (Wildman–Crippen MR) is 63.6 cm³/mol. The highest BCUT2D eigenvalue weighted by atomic mass is 15.0. The van der Waals surface area contributed by atoms with E-state index >= 15 is 0 Å². The normalized spacial score (nSPS) is 14.2. The molecule has 0 bridgehead atoms. The Hall–Kier alpha value is -0.830. The molecule has 1 atom stereocenters. The van der Waals surface area contributed by atoms with Gasteiger partial charge in [0.15, 0.2) is 0 Å². The molecule has 0 radical (unpaired) electrons. The summed E-state index contributed by atoms with van der Waals surface area (Å²) in [7, 11) is 2.03. The molecule has 1 aromatic heterocycles. The summed E-state index contributed by atoms with van der Waals surface area (Å²) < 4.78 is 2.06. The molecule has 0 saturated heterocycles. The quantitative estimate of drug-likeness (QED) is 0.825. The van der Waals surface area contributed by atoms with Gasteiger partial charge >= 0.3 is 0 Å². The van der Waals surface area contributed by atoms with E-state index in [2.05, 4.69) is 30.3 Å². The number of nitrogens with zero attached hydrogens (tertiary/aromatic N) is 2. The van der Waals surface area contributed by atoms with E-state index in [1.54, 1.807) is 0 Å². The van der Waals surface area contributed by atoms with Crippen molar-refractivity contribution in [2.24, 2.45) is 18.2 Å². The largest absolute Gasteiger partial charge is 0.338 e. The average molecular weight is 209 g/mol. The highest BCUT2D eigenvalue weighted by molar-refractivity contribution is 4.92. The van der Waals surface area contributed by atoms with Crippen LogP contribution in [-0.2, 0) is 13.5 Å².